The zero-order valence-corrected chi connectivity index (χ0v) is 15.4. The van der Waals surface area contributed by atoms with Gasteiger partial charge in [-0.05, 0) is 51.8 Å². The molecular weight excluding hydrogens is 304 g/mol. The van der Waals surface area contributed by atoms with Gasteiger partial charge in [0.1, 0.15) is 12.4 Å². The molecule has 1 amide bonds. The number of Topliss-reactive ketones (excluding diaryl/α,β-unsaturated/α-hetero) is 1. The smallest absolute Gasteiger partial charge is 0.289 e. The maximum atomic E-state index is 12.3. The first-order valence-electron chi connectivity index (χ1n) is 8.52. The van der Waals surface area contributed by atoms with Gasteiger partial charge in [-0.2, -0.15) is 0 Å². The molecule has 0 radical (unpaired) electrons. The Hall–Kier alpha value is -1.88. The molecule has 0 bridgehead atoms. The summed E-state index contributed by atoms with van der Waals surface area (Å²) in [6, 6.07) is 7.25. The molecule has 0 aliphatic rings. The van der Waals surface area contributed by atoms with Crippen LogP contribution in [-0.4, -0.2) is 36.4 Å². The molecule has 2 N–H and O–H groups in total. The highest BCUT2D eigenvalue weighted by Gasteiger charge is 2.27. The lowest BCUT2D eigenvalue weighted by atomic mass is 10.0. The van der Waals surface area contributed by atoms with Crippen molar-refractivity contribution in [1.82, 2.24) is 10.6 Å². The van der Waals surface area contributed by atoms with Crippen molar-refractivity contribution in [2.24, 2.45) is 0 Å². The third kappa shape index (κ3) is 7.59. The van der Waals surface area contributed by atoms with Crippen molar-refractivity contribution in [2.45, 2.75) is 59.0 Å². The molecule has 1 rings (SSSR count). The molecular formula is C19H30N2O3. The number of ketones is 1. The SMILES string of the molecule is CCCC(NC(C)(C)C)C(=O)C(=O)NCCOc1cccc(C)c1. The molecule has 0 saturated heterocycles. The lowest BCUT2D eigenvalue weighted by Gasteiger charge is -2.27. The van der Waals surface area contributed by atoms with Crippen molar-refractivity contribution in [3.8, 4) is 5.75 Å². The van der Waals surface area contributed by atoms with E-state index in [4.69, 9.17) is 4.74 Å². The largest absolute Gasteiger partial charge is 0.492 e. The van der Waals surface area contributed by atoms with E-state index in [0.29, 0.717) is 19.6 Å². The Bertz CT molecular complexity index is 550. The van der Waals surface area contributed by atoms with Crippen LogP contribution in [0, 0.1) is 6.92 Å². The fourth-order valence-electron chi connectivity index (χ4n) is 2.36. The molecule has 0 aliphatic heterocycles. The number of nitrogens with one attached hydrogen (secondary N) is 2. The lowest BCUT2D eigenvalue weighted by Crippen LogP contribution is -2.52. The summed E-state index contributed by atoms with van der Waals surface area (Å²) >= 11 is 0. The minimum Gasteiger partial charge on any atom is -0.492 e. The molecule has 24 heavy (non-hydrogen) atoms. The second-order valence-electron chi connectivity index (χ2n) is 7.02. The Morgan fingerprint density at radius 3 is 2.54 bits per heavy atom. The number of carbonyl (C=O) groups excluding carboxylic acids is 2. The highest BCUT2D eigenvalue weighted by Crippen LogP contribution is 2.11. The zero-order valence-electron chi connectivity index (χ0n) is 15.4. The van der Waals surface area contributed by atoms with Crippen molar-refractivity contribution in [3.05, 3.63) is 29.8 Å². The molecule has 0 spiro atoms. The first-order valence-corrected chi connectivity index (χ1v) is 8.52. The summed E-state index contributed by atoms with van der Waals surface area (Å²) in [6.45, 7) is 10.6. The van der Waals surface area contributed by atoms with E-state index in [0.717, 1.165) is 17.7 Å². The summed E-state index contributed by atoms with van der Waals surface area (Å²) in [6.07, 6.45) is 1.48. The molecule has 0 saturated carbocycles. The second kappa shape index (κ2) is 9.42. The third-order valence-corrected chi connectivity index (χ3v) is 3.37. The topological polar surface area (TPSA) is 67.4 Å². The molecule has 1 aromatic rings. The monoisotopic (exact) mass is 334 g/mol. The Kier molecular flexibility index (Phi) is 7.92. The predicted molar refractivity (Wildman–Crippen MR) is 96.3 cm³/mol. The van der Waals surface area contributed by atoms with E-state index in [2.05, 4.69) is 10.6 Å². The Morgan fingerprint density at radius 1 is 1.25 bits per heavy atom. The van der Waals surface area contributed by atoms with Gasteiger partial charge in [-0.15, -0.1) is 0 Å². The molecule has 134 valence electrons. The Labute approximate surface area is 145 Å². The molecule has 5 nitrogen and oxygen atoms in total. The van der Waals surface area contributed by atoms with E-state index in [1.807, 2.05) is 58.9 Å². The zero-order chi connectivity index (χ0) is 18.2. The van der Waals surface area contributed by atoms with Crippen molar-refractivity contribution < 1.29 is 14.3 Å². The van der Waals surface area contributed by atoms with Gasteiger partial charge in [-0.1, -0.05) is 25.5 Å². The average Bonchev–Trinajstić information content (AvgIpc) is 2.49. The van der Waals surface area contributed by atoms with Crippen molar-refractivity contribution in [2.75, 3.05) is 13.2 Å². The number of rotatable bonds is 9. The lowest BCUT2D eigenvalue weighted by molar-refractivity contribution is -0.139. The first-order chi connectivity index (χ1) is 11.2. The molecule has 0 aromatic heterocycles. The van der Waals surface area contributed by atoms with Gasteiger partial charge in [0.05, 0.1) is 12.6 Å². The normalized spacial score (nSPS) is 12.5. The van der Waals surface area contributed by atoms with Gasteiger partial charge in [0, 0.05) is 5.54 Å². The van der Waals surface area contributed by atoms with Gasteiger partial charge in [0.2, 0.25) is 5.78 Å². The van der Waals surface area contributed by atoms with Crippen LogP contribution in [0.4, 0.5) is 0 Å². The Morgan fingerprint density at radius 2 is 1.96 bits per heavy atom. The fourth-order valence-corrected chi connectivity index (χ4v) is 2.36. The maximum Gasteiger partial charge on any atom is 0.289 e. The van der Waals surface area contributed by atoms with E-state index in [9.17, 15) is 9.59 Å². The van der Waals surface area contributed by atoms with Crippen LogP contribution in [0.5, 0.6) is 5.75 Å². The second-order valence-corrected chi connectivity index (χ2v) is 7.02. The number of benzene rings is 1. The van der Waals surface area contributed by atoms with E-state index >= 15 is 0 Å². The van der Waals surface area contributed by atoms with Gasteiger partial charge in [-0.3, -0.25) is 9.59 Å². The van der Waals surface area contributed by atoms with Crippen LogP contribution in [0.15, 0.2) is 24.3 Å². The average molecular weight is 334 g/mol. The number of aryl methyl sites for hydroxylation is 1. The van der Waals surface area contributed by atoms with Crippen LogP contribution in [-0.2, 0) is 9.59 Å². The van der Waals surface area contributed by atoms with E-state index in [1.165, 1.54) is 0 Å². The minimum absolute atomic E-state index is 0.218. The Balaban J connectivity index is 2.43. The predicted octanol–water partition coefficient (Wildman–Crippen LogP) is 2.62. The molecule has 0 heterocycles. The highest BCUT2D eigenvalue weighted by atomic mass is 16.5. The van der Waals surface area contributed by atoms with Crippen LogP contribution >= 0.6 is 0 Å². The molecule has 1 aromatic carbocycles. The molecule has 1 unspecified atom stereocenters. The van der Waals surface area contributed by atoms with Gasteiger partial charge < -0.3 is 15.4 Å². The van der Waals surface area contributed by atoms with Crippen molar-refractivity contribution >= 4 is 11.7 Å². The van der Waals surface area contributed by atoms with Crippen LogP contribution in [0.25, 0.3) is 0 Å². The minimum atomic E-state index is -0.557. The fraction of sp³-hybridized carbons (Fsp3) is 0.579. The number of hydrogen-bond acceptors (Lipinski definition) is 4. The molecule has 1 atom stereocenters. The quantitative estimate of drug-likeness (QED) is 0.538. The summed E-state index contributed by atoms with van der Waals surface area (Å²) in [4.78, 5) is 24.4. The maximum absolute atomic E-state index is 12.3. The van der Waals surface area contributed by atoms with Crippen molar-refractivity contribution in [3.63, 3.8) is 0 Å². The van der Waals surface area contributed by atoms with E-state index in [1.54, 1.807) is 0 Å². The number of amides is 1. The third-order valence-electron chi connectivity index (χ3n) is 3.37. The van der Waals surface area contributed by atoms with Crippen LogP contribution < -0.4 is 15.4 Å². The standard InChI is InChI=1S/C19H30N2O3/c1-6-8-16(21-19(3,4)5)17(22)18(23)20-11-12-24-15-10-7-9-14(2)13-15/h7,9-10,13,16,21H,6,8,11-12H2,1-5H3,(H,20,23). The number of carbonyl (C=O) groups is 2. The number of hydrogen-bond donors (Lipinski definition) is 2. The van der Waals surface area contributed by atoms with E-state index in [-0.39, 0.29) is 5.54 Å². The first kappa shape index (κ1) is 20.2. The molecule has 0 fully saturated rings. The van der Waals surface area contributed by atoms with Crippen LogP contribution in [0.3, 0.4) is 0 Å². The van der Waals surface area contributed by atoms with Gasteiger partial charge in [-0.25, -0.2) is 0 Å². The summed E-state index contributed by atoms with van der Waals surface area (Å²) in [7, 11) is 0. The van der Waals surface area contributed by atoms with Gasteiger partial charge in [0.25, 0.3) is 5.91 Å². The molecule has 5 heteroatoms. The summed E-state index contributed by atoms with van der Waals surface area (Å²) in [5, 5.41) is 5.86. The summed E-state index contributed by atoms with van der Waals surface area (Å²) in [5.74, 6) is -0.214. The molecule has 0 aliphatic carbocycles. The number of ether oxygens (including phenoxy) is 1. The van der Waals surface area contributed by atoms with Crippen LogP contribution in [0.2, 0.25) is 0 Å². The van der Waals surface area contributed by atoms with Crippen LogP contribution in [0.1, 0.15) is 46.1 Å². The van der Waals surface area contributed by atoms with Crippen molar-refractivity contribution in [1.29, 1.82) is 0 Å². The summed E-state index contributed by atoms with van der Waals surface area (Å²) in [5.41, 5.74) is 0.895. The van der Waals surface area contributed by atoms with Gasteiger partial charge in [0.15, 0.2) is 0 Å². The highest BCUT2D eigenvalue weighted by molar-refractivity contribution is 6.38. The van der Waals surface area contributed by atoms with E-state index < -0.39 is 17.7 Å². The van der Waals surface area contributed by atoms with Gasteiger partial charge >= 0.3 is 0 Å². The summed E-state index contributed by atoms with van der Waals surface area (Å²) < 4.78 is 5.56.